The highest BCUT2D eigenvalue weighted by Crippen LogP contribution is 2.41. The standard InChI is InChI=1S/C14H19NO/c1-11-4-2-5-12(8-11)9-13(16)14(10-15)6-3-7-14/h2,4-5,8H,3,6-7,9-10,15H2,1H3. The maximum absolute atomic E-state index is 12.2. The molecule has 0 amide bonds. The zero-order valence-electron chi connectivity index (χ0n) is 9.83. The van der Waals surface area contributed by atoms with E-state index >= 15 is 0 Å². The molecule has 1 aromatic rings. The molecule has 2 heteroatoms. The monoisotopic (exact) mass is 217 g/mol. The molecule has 1 fully saturated rings. The molecule has 2 rings (SSSR count). The number of aryl methyl sites for hydroxylation is 1. The first-order valence-electron chi connectivity index (χ1n) is 5.95. The molecule has 0 unspecified atom stereocenters. The summed E-state index contributed by atoms with van der Waals surface area (Å²) in [5, 5.41) is 0. The molecular weight excluding hydrogens is 198 g/mol. The van der Waals surface area contributed by atoms with Gasteiger partial charge in [-0.2, -0.15) is 0 Å². The zero-order valence-corrected chi connectivity index (χ0v) is 9.83. The molecule has 0 saturated heterocycles. The van der Waals surface area contributed by atoms with Gasteiger partial charge in [0.15, 0.2) is 0 Å². The third kappa shape index (κ3) is 2.03. The van der Waals surface area contributed by atoms with Gasteiger partial charge in [-0.3, -0.25) is 4.79 Å². The Kier molecular flexibility index (Phi) is 3.10. The van der Waals surface area contributed by atoms with Crippen molar-refractivity contribution in [3.8, 4) is 0 Å². The first kappa shape index (κ1) is 11.3. The van der Waals surface area contributed by atoms with Crippen LogP contribution in [0, 0.1) is 12.3 Å². The van der Waals surface area contributed by atoms with E-state index in [0.29, 0.717) is 18.7 Å². The lowest BCUT2D eigenvalue weighted by Gasteiger charge is -2.39. The van der Waals surface area contributed by atoms with Crippen LogP contribution in [0.3, 0.4) is 0 Å². The van der Waals surface area contributed by atoms with E-state index in [1.807, 2.05) is 12.1 Å². The van der Waals surface area contributed by atoms with E-state index in [-0.39, 0.29) is 5.41 Å². The summed E-state index contributed by atoms with van der Waals surface area (Å²) in [6.07, 6.45) is 3.65. The minimum atomic E-state index is -0.191. The van der Waals surface area contributed by atoms with E-state index in [2.05, 4.69) is 19.1 Å². The lowest BCUT2D eigenvalue weighted by atomic mass is 9.65. The van der Waals surface area contributed by atoms with Gasteiger partial charge in [0.2, 0.25) is 0 Å². The Labute approximate surface area is 96.8 Å². The quantitative estimate of drug-likeness (QED) is 0.840. The van der Waals surface area contributed by atoms with E-state index in [0.717, 1.165) is 24.8 Å². The highest BCUT2D eigenvalue weighted by molar-refractivity contribution is 5.87. The predicted octanol–water partition coefficient (Wildman–Crippen LogP) is 2.24. The number of nitrogens with two attached hydrogens (primary N) is 1. The smallest absolute Gasteiger partial charge is 0.144 e. The number of rotatable bonds is 4. The van der Waals surface area contributed by atoms with E-state index < -0.39 is 0 Å². The van der Waals surface area contributed by atoms with Crippen LogP contribution in [0.4, 0.5) is 0 Å². The van der Waals surface area contributed by atoms with Gasteiger partial charge in [0.25, 0.3) is 0 Å². The molecule has 1 saturated carbocycles. The van der Waals surface area contributed by atoms with Crippen LogP contribution in [-0.2, 0) is 11.2 Å². The largest absolute Gasteiger partial charge is 0.329 e. The number of carbonyl (C=O) groups is 1. The molecular formula is C14H19NO. The average molecular weight is 217 g/mol. The molecule has 1 aromatic carbocycles. The third-order valence-electron chi connectivity index (χ3n) is 3.74. The van der Waals surface area contributed by atoms with Crippen LogP contribution < -0.4 is 5.73 Å². The molecule has 1 aliphatic carbocycles. The van der Waals surface area contributed by atoms with Crippen LogP contribution in [-0.4, -0.2) is 12.3 Å². The summed E-state index contributed by atoms with van der Waals surface area (Å²) in [6, 6.07) is 8.17. The molecule has 2 N–H and O–H groups in total. The van der Waals surface area contributed by atoms with Crippen LogP contribution in [0.1, 0.15) is 30.4 Å². The van der Waals surface area contributed by atoms with Gasteiger partial charge in [-0.1, -0.05) is 36.2 Å². The summed E-state index contributed by atoms with van der Waals surface area (Å²) in [7, 11) is 0. The minimum absolute atomic E-state index is 0.191. The SMILES string of the molecule is Cc1cccc(CC(=O)C2(CN)CCC2)c1. The molecule has 1 aliphatic rings. The number of ketones is 1. The molecule has 0 aliphatic heterocycles. The van der Waals surface area contributed by atoms with E-state index in [9.17, 15) is 4.79 Å². The second kappa shape index (κ2) is 4.38. The molecule has 0 heterocycles. The van der Waals surface area contributed by atoms with Crippen molar-refractivity contribution in [2.75, 3.05) is 6.54 Å². The van der Waals surface area contributed by atoms with Gasteiger partial charge in [-0.15, -0.1) is 0 Å². The van der Waals surface area contributed by atoms with Crippen molar-refractivity contribution in [1.29, 1.82) is 0 Å². The number of hydrogen-bond acceptors (Lipinski definition) is 2. The van der Waals surface area contributed by atoms with Crippen LogP contribution >= 0.6 is 0 Å². The van der Waals surface area contributed by atoms with Gasteiger partial charge in [0.05, 0.1) is 0 Å². The molecule has 0 radical (unpaired) electrons. The number of benzene rings is 1. The molecule has 0 aromatic heterocycles. The lowest BCUT2D eigenvalue weighted by Crippen LogP contribution is -2.45. The fourth-order valence-corrected chi connectivity index (χ4v) is 2.40. The number of Topliss-reactive ketones (excluding diaryl/α,β-unsaturated/α-hetero) is 1. The zero-order chi connectivity index (χ0) is 11.6. The van der Waals surface area contributed by atoms with Crippen LogP contribution in [0.25, 0.3) is 0 Å². The number of carbonyl (C=O) groups excluding carboxylic acids is 1. The highest BCUT2D eigenvalue weighted by Gasteiger charge is 2.41. The molecule has 0 bridgehead atoms. The maximum atomic E-state index is 12.2. The molecule has 86 valence electrons. The van der Waals surface area contributed by atoms with Crippen molar-refractivity contribution in [3.63, 3.8) is 0 Å². The van der Waals surface area contributed by atoms with Gasteiger partial charge in [-0.25, -0.2) is 0 Å². The van der Waals surface area contributed by atoms with E-state index in [1.165, 1.54) is 5.56 Å². The Morgan fingerprint density at radius 2 is 2.19 bits per heavy atom. The van der Waals surface area contributed by atoms with Crippen molar-refractivity contribution >= 4 is 5.78 Å². The van der Waals surface area contributed by atoms with E-state index in [4.69, 9.17) is 5.73 Å². The Bertz CT molecular complexity index is 388. The van der Waals surface area contributed by atoms with E-state index in [1.54, 1.807) is 0 Å². The summed E-state index contributed by atoms with van der Waals surface area (Å²) in [4.78, 5) is 12.2. The Balaban J connectivity index is 2.07. The molecule has 0 atom stereocenters. The molecule has 2 nitrogen and oxygen atoms in total. The first-order valence-corrected chi connectivity index (χ1v) is 5.95. The minimum Gasteiger partial charge on any atom is -0.329 e. The summed E-state index contributed by atoms with van der Waals surface area (Å²) >= 11 is 0. The summed E-state index contributed by atoms with van der Waals surface area (Å²) in [5.41, 5.74) is 7.87. The van der Waals surface area contributed by atoms with Gasteiger partial charge in [0.1, 0.15) is 5.78 Å². The molecule has 0 spiro atoms. The number of hydrogen-bond donors (Lipinski definition) is 1. The van der Waals surface area contributed by atoms with Crippen LogP contribution in [0.2, 0.25) is 0 Å². The third-order valence-corrected chi connectivity index (χ3v) is 3.74. The average Bonchev–Trinajstić information content (AvgIpc) is 2.16. The fraction of sp³-hybridized carbons (Fsp3) is 0.500. The van der Waals surface area contributed by atoms with Gasteiger partial charge in [-0.05, 0) is 25.3 Å². The van der Waals surface area contributed by atoms with Crippen molar-refractivity contribution in [2.45, 2.75) is 32.6 Å². The van der Waals surface area contributed by atoms with Crippen LogP contribution in [0.15, 0.2) is 24.3 Å². The van der Waals surface area contributed by atoms with Crippen molar-refractivity contribution in [2.24, 2.45) is 11.1 Å². The Hall–Kier alpha value is -1.15. The lowest BCUT2D eigenvalue weighted by molar-refractivity contribution is -0.132. The van der Waals surface area contributed by atoms with Crippen molar-refractivity contribution in [3.05, 3.63) is 35.4 Å². The summed E-state index contributed by atoms with van der Waals surface area (Å²) in [5.74, 6) is 0.326. The Morgan fingerprint density at radius 1 is 1.44 bits per heavy atom. The second-order valence-electron chi connectivity index (χ2n) is 4.93. The first-order chi connectivity index (χ1) is 7.66. The van der Waals surface area contributed by atoms with Crippen molar-refractivity contribution < 1.29 is 4.79 Å². The normalized spacial score (nSPS) is 17.9. The van der Waals surface area contributed by atoms with Gasteiger partial charge in [0, 0.05) is 18.4 Å². The molecule has 16 heavy (non-hydrogen) atoms. The second-order valence-corrected chi connectivity index (χ2v) is 4.93. The van der Waals surface area contributed by atoms with Gasteiger partial charge >= 0.3 is 0 Å². The van der Waals surface area contributed by atoms with Gasteiger partial charge < -0.3 is 5.73 Å². The van der Waals surface area contributed by atoms with Crippen LogP contribution in [0.5, 0.6) is 0 Å². The fourth-order valence-electron chi connectivity index (χ4n) is 2.40. The van der Waals surface area contributed by atoms with Crippen molar-refractivity contribution in [1.82, 2.24) is 0 Å². The summed E-state index contributed by atoms with van der Waals surface area (Å²) in [6.45, 7) is 2.56. The highest BCUT2D eigenvalue weighted by atomic mass is 16.1. The Morgan fingerprint density at radius 3 is 2.69 bits per heavy atom. The topological polar surface area (TPSA) is 43.1 Å². The summed E-state index contributed by atoms with van der Waals surface area (Å²) < 4.78 is 0. The maximum Gasteiger partial charge on any atom is 0.144 e. The predicted molar refractivity (Wildman–Crippen MR) is 65.2 cm³/mol.